The number of methoxy groups -OCH3 is 1. The maximum Gasteiger partial charge on any atom is 0.248 e. The Morgan fingerprint density at radius 1 is 1.16 bits per heavy atom. The Bertz CT molecular complexity index is 785. The van der Waals surface area contributed by atoms with E-state index in [-0.39, 0.29) is 17.8 Å². The zero-order valence-corrected chi connectivity index (χ0v) is 14.8. The van der Waals surface area contributed by atoms with Gasteiger partial charge in [-0.25, -0.2) is 4.39 Å². The Morgan fingerprint density at radius 3 is 2.56 bits per heavy atom. The summed E-state index contributed by atoms with van der Waals surface area (Å²) in [5.74, 6) is 0.629. The van der Waals surface area contributed by atoms with Gasteiger partial charge < -0.3 is 14.8 Å². The third kappa shape index (κ3) is 5.35. The first-order valence-electron chi connectivity index (χ1n) is 7.99. The number of hydrogen-bond acceptors (Lipinski definition) is 3. The van der Waals surface area contributed by atoms with Crippen LogP contribution in [-0.2, 0) is 4.79 Å². The van der Waals surface area contributed by atoms with E-state index in [1.54, 1.807) is 32.2 Å². The second kappa shape index (κ2) is 8.33. The summed E-state index contributed by atoms with van der Waals surface area (Å²) in [6.45, 7) is 5.62. The summed E-state index contributed by atoms with van der Waals surface area (Å²) >= 11 is 0. The van der Waals surface area contributed by atoms with Gasteiger partial charge in [0.15, 0.2) is 11.5 Å². The standard InChI is InChI=1S/C20H22FNO3/c1-13(2)25-18-9-5-15(12-19(18)24-4)6-10-20(23)22-17-8-7-16(21)11-14(17)3/h5-13H,1-4H3,(H,22,23)/b10-6+. The van der Waals surface area contributed by atoms with Gasteiger partial charge in [0.1, 0.15) is 5.82 Å². The molecule has 132 valence electrons. The first kappa shape index (κ1) is 18.5. The van der Waals surface area contributed by atoms with E-state index in [0.717, 1.165) is 5.56 Å². The number of aryl methyl sites for hydroxylation is 1. The maximum absolute atomic E-state index is 13.1. The second-order valence-electron chi connectivity index (χ2n) is 5.86. The van der Waals surface area contributed by atoms with Crippen molar-refractivity contribution >= 4 is 17.7 Å². The molecule has 0 aliphatic rings. The molecule has 0 aromatic heterocycles. The van der Waals surface area contributed by atoms with Gasteiger partial charge in [0, 0.05) is 11.8 Å². The quantitative estimate of drug-likeness (QED) is 0.781. The first-order valence-corrected chi connectivity index (χ1v) is 7.99. The molecule has 0 saturated heterocycles. The Morgan fingerprint density at radius 2 is 1.92 bits per heavy atom. The monoisotopic (exact) mass is 343 g/mol. The summed E-state index contributed by atoms with van der Waals surface area (Å²) in [6.07, 6.45) is 3.14. The molecule has 0 heterocycles. The van der Waals surface area contributed by atoms with Crippen LogP contribution in [-0.4, -0.2) is 19.1 Å². The van der Waals surface area contributed by atoms with Gasteiger partial charge in [0.05, 0.1) is 13.2 Å². The number of carbonyl (C=O) groups excluding carboxylic acids is 1. The van der Waals surface area contributed by atoms with Crippen molar-refractivity contribution in [2.24, 2.45) is 0 Å². The Balaban J connectivity index is 2.08. The van der Waals surface area contributed by atoms with Gasteiger partial charge in [0.25, 0.3) is 0 Å². The number of rotatable bonds is 6. The van der Waals surface area contributed by atoms with Crippen LogP contribution in [0.2, 0.25) is 0 Å². The molecule has 1 amide bonds. The molecule has 0 spiro atoms. The van der Waals surface area contributed by atoms with Gasteiger partial charge in [-0.1, -0.05) is 6.07 Å². The van der Waals surface area contributed by atoms with Crippen LogP contribution in [0.5, 0.6) is 11.5 Å². The number of carbonyl (C=O) groups is 1. The molecule has 5 heteroatoms. The Hall–Kier alpha value is -2.82. The van der Waals surface area contributed by atoms with Gasteiger partial charge >= 0.3 is 0 Å². The highest BCUT2D eigenvalue weighted by Crippen LogP contribution is 2.29. The lowest BCUT2D eigenvalue weighted by molar-refractivity contribution is -0.111. The van der Waals surface area contributed by atoms with Crippen molar-refractivity contribution in [2.45, 2.75) is 26.9 Å². The minimum absolute atomic E-state index is 0.0417. The zero-order valence-electron chi connectivity index (χ0n) is 14.8. The molecule has 0 unspecified atom stereocenters. The van der Waals surface area contributed by atoms with Crippen molar-refractivity contribution in [3.05, 3.63) is 59.4 Å². The molecule has 25 heavy (non-hydrogen) atoms. The fourth-order valence-electron chi connectivity index (χ4n) is 2.25. The maximum atomic E-state index is 13.1. The van der Waals surface area contributed by atoms with Crippen molar-refractivity contribution in [3.8, 4) is 11.5 Å². The van der Waals surface area contributed by atoms with E-state index in [9.17, 15) is 9.18 Å². The number of ether oxygens (including phenoxy) is 2. The van der Waals surface area contributed by atoms with E-state index < -0.39 is 0 Å². The van der Waals surface area contributed by atoms with Gasteiger partial charge in [0.2, 0.25) is 5.91 Å². The lowest BCUT2D eigenvalue weighted by Crippen LogP contribution is -2.09. The van der Waals surface area contributed by atoms with Crippen LogP contribution in [0, 0.1) is 12.7 Å². The molecular weight excluding hydrogens is 321 g/mol. The SMILES string of the molecule is COc1cc(/C=C/C(=O)Nc2ccc(F)cc2C)ccc1OC(C)C. The normalized spacial score (nSPS) is 11.0. The number of halogens is 1. The summed E-state index contributed by atoms with van der Waals surface area (Å²) in [6, 6.07) is 9.66. The van der Waals surface area contributed by atoms with Crippen LogP contribution in [0.15, 0.2) is 42.5 Å². The molecule has 0 fully saturated rings. The van der Waals surface area contributed by atoms with Crippen molar-refractivity contribution in [3.63, 3.8) is 0 Å². The summed E-state index contributed by atoms with van der Waals surface area (Å²) < 4.78 is 24.1. The average molecular weight is 343 g/mol. The number of anilines is 1. The van der Waals surface area contributed by atoms with E-state index in [1.807, 2.05) is 19.9 Å². The van der Waals surface area contributed by atoms with Crippen LogP contribution in [0.25, 0.3) is 6.08 Å². The van der Waals surface area contributed by atoms with Crippen LogP contribution < -0.4 is 14.8 Å². The first-order chi connectivity index (χ1) is 11.9. The fourth-order valence-corrected chi connectivity index (χ4v) is 2.25. The third-order valence-electron chi connectivity index (χ3n) is 3.42. The highest BCUT2D eigenvalue weighted by Gasteiger charge is 2.07. The van der Waals surface area contributed by atoms with Crippen LogP contribution in [0.4, 0.5) is 10.1 Å². The molecule has 0 bridgehead atoms. The molecule has 2 aromatic rings. The Kier molecular flexibility index (Phi) is 6.17. The zero-order chi connectivity index (χ0) is 18.4. The summed E-state index contributed by atoms with van der Waals surface area (Å²) in [5.41, 5.74) is 2.05. The highest BCUT2D eigenvalue weighted by molar-refractivity contribution is 6.02. The molecule has 2 aromatic carbocycles. The van der Waals surface area contributed by atoms with Crippen molar-refractivity contribution in [1.82, 2.24) is 0 Å². The largest absolute Gasteiger partial charge is 0.493 e. The molecular formula is C20H22FNO3. The predicted octanol–water partition coefficient (Wildman–Crippen LogP) is 4.58. The molecule has 0 radical (unpaired) electrons. The summed E-state index contributed by atoms with van der Waals surface area (Å²) in [4.78, 5) is 12.0. The topological polar surface area (TPSA) is 47.6 Å². The lowest BCUT2D eigenvalue weighted by Gasteiger charge is -2.13. The molecule has 2 rings (SSSR count). The third-order valence-corrected chi connectivity index (χ3v) is 3.42. The lowest BCUT2D eigenvalue weighted by atomic mass is 10.1. The van der Waals surface area contributed by atoms with Gasteiger partial charge in [-0.05, 0) is 68.3 Å². The van der Waals surface area contributed by atoms with Crippen LogP contribution in [0.3, 0.4) is 0 Å². The second-order valence-corrected chi connectivity index (χ2v) is 5.86. The number of amides is 1. The fraction of sp³-hybridized carbons (Fsp3) is 0.250. The van der Waals surface area contributed by atoms with Crippen molar-refractivity contribution < 1.29 is 18.7 Å². The van der Waals surface area contributed by atoms with Gasteiger partial charge in [-0.3, -0.25) is 4.79 Å². The number of benzene rings is 2. The minimum atomic E-state index is -0.332. The van der Waals surface area contributed by atoms with E-state index in [4.69, 9.17) is 9.47 Å². The molecule has 0 aliphatic heterocycles. The van der Waals surface area contributed by atoms with Crippen molar-refractivity contribution in [2.75, 3.05) is 12.4 Å². The molecule has 0 saturated carbocycles. The molecule has 0 atom stereocenters. The summed E-state index contributed by atoms with van der Waals surface area (Å²) in [5, 5.41) is 2.73. The number of hydrogen-bond donors (Lipinski definition) is 1. The minimum Gasteiger partial charge on any atom is -0.493 e. The molecule has 1 N–H and O–H groups in total. The van der Waals surface area contributed by atoms with E-state index in [2.05, 4.69) is 5.32 Å². The van der Waals surface area contributed by atoms with Gasteiger partial charge in [-0.15, -0.1) is 0 Å². The highest BCUT2D eigenvalue weighted by atomic mass is 19.1. The van der Waals surface area contributed by atoms with E-state index in [0.29, 0.717) is 22.7 Å². The smallest absolute Gasteiger partial charge is 0.248 e. The van der Waals surface area contributed by atoms with Gasteiger partial charge in [-0.2, -0.15) is 0 Å². The van der Waals surface area contributed by atoms with Crippen molar-refractivity contribution in [1.29, 1.82) is 0 Å². The van der Waals surface area contributed by atoms with Crippen LogP contribution in [0.1, 0.15) is 25.0 Å². The number of nitrogens with one attached hydrogen (secondary N) is 1. The predicted molar refractivity (Wildman–Crippen MR) is 97.6 cm³/mol. The van der Waals surface area contributed by atoms with E-state index >= 15 is 0 Å². The van der Waals surface area contributed by atoms with Crippen LogP contribution >= 0.6 is 0 Å². The summed E-state index contributed by atoms with van der Waals surface area (Å²) in [7, 11) is 1.57. The average Bonchev–Trinajstić information content (AvgIpc) is 2.56. The molecule has 4 nitrogen and oxygen atoms in total. The Labute approximate surface area is 147 Å². The molecule has 0 aliphatic carbocycles. The van der Waals surface area contributed by atoms with E-state index in [1.165, 1.54) is 24.3 Å².